The highest BCUT2D eigenvalue weighted by Gasteiger charge is 2.04. The van der Waals surface area contributed by atoms with Gasteiger partial charge in [-0.1, -0.05) is 0 Å². The summed E-state index contributed by atoms with van der Waals surface area (Å²) in [4.78, 5) is 20.3. The van der Waals surface area contributed by atoms with Gasteiger partial charge in [0.25, 0.3) is 11.4 Å². The molecule has 140 valence electrons. The van der Waals surface area contributed by atoms with Gasteiger partial charge in [0, 0.05) is 42.1 Å². The van der Waals surface area contributed by atoms with E-state index in [1.54, 1.807) is 24.3 Å². The molecule has 0 bridgehead atoms. The zero-order valence-electron chi connectivity index (χ0n) is 14.7. The van der Waals surface area contributed by atoms with Crippen LogP contribution in [0.2, 0.25) is 0 Å². The Morgan fingerprint density at radius 2 is 1.11 bits per heavy atom. The van der Waals surface area contributed by atoms with Gasteiger partial charge in [-0.25, -0.2) is 0 Å². The van der Waals surface area contributed by atoms with Crippen LogP contribution in [0, 0.1) is 20.2 Å². The highest BCUT2D eigenvalue weighted by Crippen LogP contribution is 2.16. The molecule has 0 spiro atoms. The van der Waals surface area contributed by atoms with Crippen LogP contribution in [0.25, 0.3) is 0 Å². The molecule has 0 saturated carbocycles. The van der Waals surface area contributed by atoms with Crippen LogP contribution >= 0.6 is 0 Å². The SMILES string of the molecule is CC(CC(C)=NNc1ccc([N+](=O)[O-])cc1)=NNc1ccc([N+](=O)[O-])cc1. The van der Waals surface area contributed by atoms with Gasteiger partial charge in [0.2, 0.25) is 0 Å². The Morgan fingerprint density at radius 3 is 1.41 bits per heavy atom. The first-order valence-corrected chi connectivity index (χ1v) is 7.92. The predicted molar refractivity (Wildman–Crippen MR) is 104 cm³/mol. The number of rotatable bonds is 8. The fraction of sp³-hybridized carbons (Fsp3) is 0.176. The molecule has 10 heteroatoms. The Balaban J connectivity index is 1.88. The summed E-state index contributed by atoms with van der Waals surface area (Å²) < 4.78 is 0. The van der Waals surface area contributed by atoms with Crippen LogP contribution in [0.4, 0.5) is 22.7 Å². The normalized spacial score (nSPS) is 11.8. The summed E-state index contributed by atoms with van der Waals surface area (Å²) in [5.41, 5.74) is 8.50. The van der Waals surface area contributed by atoms with Gasteiger partial charge in [-0.2, -0.15) is 10.2 Å². The lowest BCUT2D eigenvalue weighted by Gasteiger charge is -2.05. The Labute approximate surface area is 154 Å². The van der Waals surface area contributed by atoms with Crippen LogP contribution < -0.4 is 10.9 Å². The summed E-state index contributed by atoms with van der Waals surface area (Å²) in [6.45, 7) is 3.65. The van der Waals surface area contributed by atoms with E-state index in [4.69, 9.17) is 0 Å². The highest BCUT2D eigenvalue weighted by molar-refractivity contribution is 6.02. The molecule has 0 heterocycles. The van der Waals surface area contributed by atoms with E-state index in [9.17, 15) is 20.2 Å². The third kappa shape index (κ3) is 6.20. The van der Waals surface area contributed by atoms with Crippen molar-refractivity contribution >= 4 is 34.2 Å². The lowest BCUT2D eigenvalue weighted by molar-refractivity contribution is -0.385. The van der Waals surface area contributed by atoms with E-state index >= 15 is 0 Å². The Hall–Kier alpha value is -3.82. The van der Waals surface area contributed by atoms with Crippen molar-refractivity contribution in [2.45, 2.75) is 20.3 Å². The van der Waals surface area contributed by atoms with Crippen molar-refractivity contribution in [2.24, 2.45) is 10.2 Å². The highest BCUT2D eigenvalue weighted by atomic mass is 16.6. The number of hydrogen-bond acceptors (Lipinski definition) is 8. The van der Waals surface area contributed by atoms with Crippen molar-refractivity contribution in [3.8, 4) is 0 Å². The minimum absolute atomic E-state index is 0.0153. The molecule has 0 atom stereocenters. The largest absolute Gasteiger partial charge is 0.279 e. The van der Waals surface area contributed by atoms with Gasteiger partial charge in [0.15, 0.2) is 0 Å². The third-order valence-electron chi connectivity index (χ3n) is 3.42. The van der Waals surface area contributed by atoms with E-state index in [0.717, 1.165) is 11.4 Å². The Bertz CT molecular complexity index is 802. The number of nitrogens with one attached hydrogen (secondary N) is 2. The number of nitrogens with zero attached hydrogens (tertiary/aromatic N) is 4. The van der Waals surface area contributed by atoms with Crippen molar-refractivity contribution in [2.75, 3.05) is 10.9 Å². The average Bonchev–Trinajstić information content (AvgIpc) is 2.65. The lowest BCUT2D eigenvalue weighted by Crippen LogP contribution is -2.06. The number of nitro benzene ring substituents is 2. The second-order valence-corrected chi connectivity index (χ2v) is 5.70. The number of benzene rings is 2. The summed E-state index contributed by atoms with van der Waals surface area (Å²) in [6.07, 6.45) is 0.500. The first-order chi connectivity index (χ1) is 12.8. The minimum Gasteiger partial charge on any atom is -0.279 e. The molecule has 0 aliphatic carbocycles. The second-order valence-electron chi connectivity index (χ2n) is 5.70. The van der Waals surface area contributed by atoms with E-state index in [1.165, 1.54) is 24.3 Å². The van der Waals surface area contributed by atoms with Crippen LogP contribution in [0.5, 0.6) is 0 Å². The number of nitro groups is 2. The van der Waals surface area contributed by atoms with E-state index < -0.39 is 9.85 Å². The molecule has 2 aromatic carbocycles. The van der Waals surface area contributed by atoms with E-state index in [1.807, 2.05) is 13.8 Å². The summed E-state index contributed by atoms with van der Waals surface area (Å²) in [7, 11) is 0. The van der Waals surface area contributed by atoms with Gasteiger partial charge in [-0.3, -0.25) is 31.1 Å². The zero-order chi connectivity index (χ0) is 19.8. The van der Waals surface area contributed by atoms with Crippen LogP contribution in [-0.4, -0.2) is 21.3 Å². The summed E-state index contributed by atoms with van der Waals surface area (Å²) in [5, 5.41) is 29.7. The number of hydrazone groups is 2. The number of non-ortho nitro benzene ring substituents is 2. The van der Waals surface area contributed by atoms with E-state index in [-0.39, 0.29) is 11.4 Å². The molecule has 0 aliphatic heterocycles. The molecule has 27 heavy (non-hydrogen) atoms. The lowest BCUT2D eigenvalue weighted by atomic mass is 10.2. The van der Waals surface area contributed by atoms with Crippen molar-refractivity contribution in [3.05, 3.63) is 68.8 Å². The average molecular weight is 370 g/mol. The molecule has 0 amide bonds. The molecule has 0 aliphatic rings. The van der Waals surface area contributed by atoms with Gasteiger partial charge in [-0.05, 0) is 38.1 Å². The van der Waals surface area contributed by atoms with Crippen LogP contribution in [0.3, 0.4) is 0 Å². The molecule has 0 unspecified atom stereocenters. The fourth-order valence-electron chi connectivity index (χ4n) is 2.08. The molecule has 0 saturated heterocycles. The molecular formula is C17H18N6O4. The monoisotopic (exact) mass is 370 g/mol. The summed E-state index contributed by atoms with van der Waals surface area (Å²) in [6, 6.07) is 11.9. The smallest absolute Gasteiger partial charge is 0.269 e. The first kappa shape index (κ1) is 19.5. The fourth-order valence-corrected chi connectivity index (χ4v) is 2.08. The first-order valence-electron chi connectivity index (χ1n) is 7.92. The van der Waals surface area contributed by atoms with Gasteiger partial charge >= 0.3 is 0 Å². The molecule has 0 radical (unpaired) electrons. The maximum absolute atomic E-state index is 10.6. The summed E-state index contributed by atoms with van der Waals surface area (Å²) in [5.74, 6) is 0. The number of anilines is 2. The Kier molecular flexibility index (Phi) is 6.53. The molecule has 2 aromatic rings. The Morgan fingerprint density at radius 1 is 0.778 bits per heavy atom. The van der Waals surface area contributed by atoms with Crippen molar-refractivity contribution in [3.63, 3.8) is 0 Å². The molecule has 2 N–H and O–H groups in total. The van der Waals surface area contributed by atoms with Gasteiger partial charge in [0.1, 0.15) is 0 Å². The molecule has 0 aromatic heterocycles. The quantitative estimate of drug-likeness (QED) is 0.407. The predicted octanol–water partition coefficient (Wildman–Crippen LogP) is 4.17. The second kappa shape index (κ2) is 9.04. The van der Waals surface area contributed by atoms with E-state index in [2.05, 4.69) is 21.1 Å². The van der Waals surface area contributed by atoms with Crippen LogP contribution in [-0.2, 0) is 0 Å². The van der Waals surface area contributed by atoms with Crippen LogP contribution in [0.1, 0.15) is 20.3 Å². The molecule has 0 fully saturated rings. The third-order valence-corrected chi connectivity index (χ3v) is 3.42. The van der Waals surface area contributed by atoms with E-state index in [0.29, 0.717) is 17.8 Å². The zero-order valence-corrected chi connectivity index (χ0v) is 14.7. The van der Waals surface area contributed by atoms with Gasteiger partial charge in [-0.15, -0.1) is 0 Å². The maximum atomic E-state index is 10.6. The van der Waals surface area contributed by atoms with Gasteiger partial charge in [0.05, 0.1) is 21.2 Å². The molecule has 10 nitrogen and oxygen atoms in total. The van der Waals surface area contributed by atoms with Gasteiger partial charge < -0.3 is 0 Å². The summed E-state index contributed by atoms with van der Waals surface area (Å²) >= 11 is 0. The van der Waals surface area contributed by atoms with Crippen molar-refractivity contribution in [1.82, 2.24) is 0 Å². The number of hydrogen-bond donors (Lipinski definition) is 2. The molecule has 2 rings (SSSR count). The standard InChI is InChI=1S/C17H18N6O4/c1-12(18-20-14-3-7-16(8-4-14)22(24)25)11-13(2)19-21-15-5-9-17(10-6-15)23(26)27/h3-10,20-21H,11H2,1-2H3. The maximum Gasteiger partial charge on any atom is 0.269 e. The molecular weight excluding hydrogens is 352 g/mol. The topological polar surface area (TPSA) is 135 Å². The van der Waals surface area contributed by atoms with Crippen molar-refractivity contribution < 1.29 is 9.85 Å². The van der Waals surface area contributed by atoms with Crippen molar-refractivity contribution in [1.29, 1.82) is 0 Å². The minimum atomic E-state index is -0.462. The van der Waals surface area contributed by atoms with Crippen LogP contribution in [0.15, 0.2) is 58.7 Å².